The van der Waals surface area contributed by atoms with Crippen molar-refractivity contribution in [2.24, 2.45) is 0 Å². The Morgan fingerprint density at radius 1 is 1.27 bits per heavy atom. The molecular weight excluding hydrogens is 156 g/mol. The van der Waals surface area contributed by atoms with Crippen molar-refractivity contribution in [3.8, 4) is 5.75 Å². The second-order valence-corrected chi connectivity index (χ2v) is 3.02. The van der Waals surface area contributed by atoms with Crippen molar-refractivity contribution in [3.05, 3.63) is 29.3 Å². The third-order valence-corrected chi connectivity index (χ3v) is 2.40. The normalized spacial score (nSPS) is 14.6. The van der Waals surface area contributed by atoms with Gasteiger partial charge >= 0.3 is 0 Å². The maximum atomic E-state index is 4.95. The molecule has 0 unspecified atom stereocenters. The monoisotopic (exact) mass is 166 g/mol. The first-order valence-corrected chi connectivity index (χ1v) is 4.20. The minimum absolute atomic E-state index is 0.934. The van der Waals surface area contributed by atoms with Crippen LogP contribution in [0.25, 0.3) is 0 Å². The zero-order valence-electron chi connectivity index (χ0n) is 6.21. The van der Waals surface area contributed by atoms with E-state index in [2.05, 4.69) is 19.0 Å². The van der Waals surface area contributed by atoms with Gasteiger partial charge in [-0.05, 0) is 36.5 Å². The van der Waals surface area contributed by atoms with Gasteiger partial charge in [-0.15, -0.1) is 0 Å². The van der Waals surface area contributed by atoms with Gasteiger partial charge in [0.25, 0.3) is 0 Å². The van der Waals surface area contributed by atoms with Gasteiger partial charge in [0.05, 0.1) is 0 Å². The molecule has 2 rings (SSSR count). The first-order chi connectivity index (χ1) is 5.42. The molecule has 0 radical (unpaired) electrons. The average molecular weight is 166 g/mol. The predicted octanol–water partition coefficient (Wildman–Crippen LogP) is 2.40. The Balaban J connectivity index is 2.50. The highest BCUT2D eigenvalue weighted by atomic mass is 32.1. The minimum Gasteiger partial charge on any atom is -0.429 e. The largest absolute Gasteiger partial charge is 0.429 e. The lowest BCUT2D eigenvalue weighted by Gasteiger charge is -2.03. The highest BCUT2D eigenvalue weighted by Gasteiger charge is 2.14. The Morgan fingerprint density at radius 3 is 3.00 bits per heavy atom. The molecule has 1 nitrogen and oxygen atoms in total. The summed E-state index contributed by atoms with van der Waals surface area (Å²) in [7, 11) is 0. The molecule has 0 N–H and O–H groups in total. The lowest BCUT2D eigenvalue weighted by molar-refractivity contribution is 0.648. The molecule has 0 fully saturated rings. The fourth-order valence-electron chi connectivity index (χ4n) is 1.67. The van der Waals surface area contributed by atoms with Crippen molar-refractivity contribution in [2.75, 3.05) is 0 Å². The van der Waals surface area contributed by atoms with Crippen molar-refractivity contribution in [3.63, 3.8) is 0 Å². The zero-order valence-corrected chi connectivity index (χ0v) is 7.10. The van der Waals surface area contributed by atoms with Crippen LogP contribution in [0.1, 0.15) is 17.5 Å². The molecule has 58 valence electrons. The van der Waals surface area contributed by atoms with Crippen LogP contribution in [-0.4, -0.2) is 0 Å². The summed E-state index contributed by atoms with van der Waals surface area (Å²) in [6, 6.07) is 6.16. The van der Waals surface area contributed by atoms with Gasteiger partial charge in [0.15, 0.2) is 0 Å². The van der Waals surface area contributed by atoms with E-state index in [0.29, 0.717) is 0 Å². The molecule has 0 heterocycles. The number of hydrogen-bond donors (Lipinski definition) is 1. The van der Waals surface area contributed by atoms with E-state index < -0.39 is 0 Å². The van der Waals surface area contributed by atoms with Crippen LogP contribution < -0.4 is 4.18 Å². The molecule has 0 amide bonds. The molecule has 0 saturated heterocycles. The van der Waals surface area contributed by atoms with Crippen molar-refractivity contribution < 1.29 is 4.18 Å². The molecule has 0 saturated carbocycles. The van der Waals surface area contributed by atoms with Crippen LogP contribution in [-0.2, 0) is 12.8 Å². The first kappa shape index (κ1) is 7.04. The van der Waals surface area contributed by atoms with E-state index in [1.807, 2.05) is 12.1 Å². The van der Waals surface area contributed by atoms with Crippen LogP contribution in [0.3, 0.4) is 0 Å². The smallest absolute Gasteiger partial charge is 0.140 e. The zero-order chi connectivity index (χ0) is 7.68. The standard InChI is InChI=1S/C9H10OS/c11-10-9-6-2-4-7-3-1-5-8(7)9/h2,4,6,11H,1,3,5H2. The highest BCUT2D eigenvalue weighted by molar-refractivity contribution is 7.75. The summed E-state index contributed by atoms with van der Waals surface area (Å²) in [6.45, 7) is 0. The number of aryl methyl sites for hydroxylation is 1. The van der Waals surface area contributed by atoms with Gasteiger partial charge in [0.1, 0.15) is 5.75 Å². The number of benzene rings is 1. The minimum atomic E-state index is 0.934. The van der Waals surface area contributed by atoms with Crippen LogP contribution in [0.2, 0.25) is 0 Å². The summed E-state index contributed by atoms with van der Waals surface area (Å²) < 4.78 is 4.95. The maximum Gasteiger partial charge on any atom is 0.140 e. The summed E-state index contributed by atoms with van der Waals surface area (Å²) in [5.41, 5.74) is 2.78. The van der Waals surface area contributed by atoms with Gasteiger partial charge in [-0.25, -0.2) is 0 Å². The third kappa shape index (κ3) is 1.11. The second-order valence-electron chi connectivity index (χ2n) is 2.84. The number of fused-ring (bicyclic) bond motifs is 1. The second kappa shape index (κ2) is 2.78. The molecule has 0 aliphatic heterocycles. The molecule has 0 bridgehead atoms. The van der Waals surface area contributed by atoms with Crippen LogP contribution in [0.5, 0.6) is 5.75 Å². The number of thiol groups is 1. The Morgan fingerprint density at radius 2 is 2.18 bits per heavy atom. The summed E-state index contributed by atoms with van der Waals surface area (Å²) in [4.78, 5) is 0. The van der Waals surface area contributed by atoms with Crippen molar-refractivity contribution in [2.45, 2.75) is 19.3 Å². The Kier molecular flexibility index (Phi) is 1.78. The van der Waals surface area contributed by atoms with Gasteiger partial charge in [-0.1, -0.05) is 12.1 Å². The van der Waals surface area contributed by atoms with Crippen molar-refractivity contribution in [1.82, 2.24) is 0 Å². The topological polar surface area (TPSA) is 9.23 Å². The summed E-state index contributed by atoms with van der Waals surface area (Å²) in [5, 5.41) is 0. The van der Waals surface area contributed by atoms with E-state index in [1.165, 1.54) is 24.0 Å². The summed E-state index contributed by atoms with van der Waals surface area (Å²) >= 11 is 3.81. The van der Waals surface area contributed by atoms with E-state index in [4.69, 9.17) is 4.18 Å². The van der Waals surface area contributed by atoms with Gasteiger partial charge in [0, 0.05) is 12.9 Å². The Labute approximate surface area is 72.0 Å². The van der Waals surface area contributed by atoms with E-state index in [0.717, 1.165) is 12.2 Å². The fourth-order valence-corrected chi connectivity index (χ4v) is 1.84. The molecule has 1 aliphatic carbocycles. The summed E-state index contributed by atoms with van der Waals surface area (Å²) in [5.74, 6) is 0.934. The molecule has 1 aliphatic rings. The Bertz CT molecular complexity index is 270. The molecule has 1 aromatic carbocycles. The van der Waals surface area contributed by atoms with E-state index >= 15 is 0 Å². The van der Waals surface area contributed by atoms with E-state index in [1.54, 1.807) is 0 Å². The van der Waals surface area contributed by atoms with Crippen LogP contribution in [0.4, 0.5) is 0 Å². The predicted molar refractivity (Wildman–Crippen MR) is 48.1 cm³/mol. The van der Waals surface area contributed by atoms with Gasteiger partial charge in [-0.2, -0.15) is 0 Å². The molecule has 0 aromatic heterocycles. The fraction of sp³-hybridized carbons (Fsp3) is 0.333. The molecular formula is C9H10OS. The lowest BCUT2D eigenvalue weighted by atomic mass is 10.1. The molecule has 0 spiro atoms. The maximum absolute atomic E-state index is 4.95. The van der Waals surface area contributed by atoms with Crippen molar-refractivity contribution in [1.29, 1.82) is 0 Å². The highest BCUT2D eigenvalue weighted by Crippen LogP contribution is 2.30. The van der Waals surface area contributed by atoms with Crippen molar-refractivity contribution >= 4 is 12.9 Å². The molecule has 2 heteroatoms. The SMILES string of the molecule is SOc1cccc2c1CCC2. The van der Waals surface area contributed by atoms with Gasteiger partial charge in [0.2, 0.25) is 0 Å². The Hall–Kier alpha value is -0.630. The lowest BCUT2D eigenvalue weighted by Crippen LogP contribution is -1.85. The molecule has 11 heavy (non-hydrogen) atoms. The van der Waals surface area contributed by atoms with Crippen LogP contribution >= 0.6 is 12.9 Å². The number of hydrogen-bond acceptors (Lipinski definition) is 2. The van der Waals surface area contributed by atoms with Crippen LogP contribution in [0, 0.1) is 0 Å². The van der Waals surface area contributed by atoms with E-state index in [-0.39, 0.29) is 0 Å². The quantitative estimate of drug-likeness (QED) is 0.498. The molecule has 1 aromatic rings. The van der Waals surface area contributed by atoms with Gasteiger partial charge in [-0.3, -0.25) is 0 Å². The van der Waals surface area contributed by atoms with Crippen LogP contribution in [0.15, 0.2) is 18.2 Å². The average Bonchev–Trinajstić information content (AvgIpc) is 2.50. The summed E-state index contributed by atoms with van der Waals surface area (Å²) in [6.07, 6.45) is 3.59. The number of rotatable bonds is 1. The molecule has 0 atom stereocenters. The van der Waals surface area contributed by atoms with E-state index in [9.17, 15) is 0 Å². The third-order valence-electron chi connectivity index (χ3n) is 2.20. The van der Waals surface area contributed by atoms with Gasteiger partial charge < -0.3 is 4.18 Å². The first-order valence-electron chi connectivity index (χ1n) is 3.84.